The Kier molecular flexibility index (Phi) is 4.38. The fourth-order valence-corrected chi connectivity index (χ4v) is 3.32. The molecule has 20 heavy (non-hydrogen) atoms. The molecule has 1 aliphatic heterocycles. The van der Waals surface area contributed by atoms with Crippen molar-refractivity contribution in [3.63, 3.8) is 0 Å². The molecule has 1 saturated heterocycles. The molecule has 0 unspecified atom stereocenters. The highest BCUT2D eigenvalue weighted by atomic mass is 16.5. The van der Waals surface area contributed by atoms with Crippen LogP contribution in [0.5, 0.6) is 5.88 Å². The van der Waals surface area contributed by atoms with Gasteiger partial charge in [-0.15, -0.1) is 0 Å². The first-order chi connectivity index (χ1) is 9.38. The molecule has 0 bridgehead atoms. The highest BCUT2D eigenvalue weighted by Crippen LogP contribution is 2.48. The van der Waals surface area contributed by atoms with E-state index in [-0.39, 0.29) is 0 Å². The molecule has 0 radical (unpaired) electrons. The molecule has 3 nitrogen and oxygen atoms in total. The largest absolute Gasteiger partial charge is 0.481 e. The van der Waals surface area contributed by atoms with E-state index in [1.807, 2.05) is 12.3 Å². The molecule has 1 aromatic heterocycles. The van der Waals surface area contributed by atoms with Crippen LogP contribution in [0.1, 0.15) is 44.7 Å². The van der Waals surface area contributed by atoms with Crippen molar-refractivity contribution < 1.29 is 4.74 Å². The maximum absolute atomic E-state index is 5.21. The van der Waals surface area contributed by atoms with E-state index in [2.05, 4.69) is 38.0 Å². The van der Waals surface area contributed by atoms with Crippen molar-refractivity contribution >= 4 is 0 Å². The van der Waals surface area contributed by atoms with Gasteiger partial charge in [-0.05, 0) is 61.2 Å². The standard InChI is InChI=1S/C17H28N2O/c1-13-10-15(20-5)19-12-14(13)11-17(16(2,3)4)6-8-18-9-7-17/h10,12,18H,6-9,11H2,1-5H3. The van der Waals surface area contributed by atoms with Gasteiger partial charge in [0.15, 0.2) is 0 Å². The molecule has 0 atom stereocenters. The predicted molar refractivity (Wildman–Crippen MR) is 83.2 cm³/mol. The molecule has 2 rings (SSSR count). The van der Waals surface area contributed by atoms with E-state index >= 15 is 0 Å². The maximum Gasteiger partial charge on any atom is 0.213 e. The van der Waals surface area contributed by atoms with Crippen LogP contribution in [0.2, 0.25) is 0 Å². The summed E-state index contributed by atoms with van der Waals surface area (Å²) in [5.41, 5.74) is 3.32. The lowest BCUT2D eigenvalue weighted by molar-refractivity contribution is 0.0466. The quantitative estimate of drug-likeness (QED) is 0.919. The molecular formula is C17H28N2O. The van der Waals surface area contributed by atoms with Crippen LogP contribution in [-0.4, -0.2) is 25.2 Å². The van der Waals surface area contributed by atoms with Crippen molar-refractivity contribution in [1.29, 1.82) is 0 Å². The number of hydrogen-bond donors (Lipinski definition) is 1. The van der Waals surface area contributed by atoms with Gasteiger partial charge in [-0.3, -0.25) is 0 Å². The van der Waals surface area contributed by atoms with Gasteiger partial charge in [0.2, 0.25) is 5.88 Å². The SMILES string of the molecule is COc1cc(C)c(CC2(C(C)(C)C)CCNCC2)cn1. The molecular weight excluding hydrogens is 248 g/mol. The van der Waals surface area contributed by atoms with E-state index in [4.69, 9.17) is 4.74 Å². The molecule has 0 saturated carbocycles. The minimum atomic E-state index is 0.307. The first-order valence-electron chi connectivity index (χ1n) is 7.58. The molecule has 0 aromatic carbocycles. The van der Waals surface area contributed by atoms with Crippen LogP contribution in [0, 0.1) is 17.8 Å². The van der Waals surface area contributed by atoms with Crippen molar-refractivity contribution in [2.24, 2.45) is 10.8 Å². The Hall–Kier alpha value is -1.09. The second kappa shape index (κ2) is 5.72. The van der Waals surface area contributed by atoms with Crippen LogP contribution in [0.4, 0.5) is 0 Å². The first-order valence-corrected chi connectivity index (χ1v) is 7.58. The Morgan fingerprint density at radius 1 is 1.30 bits per heavy atom. The Morgan fingerprint density at radius 2 is 1.95 bits per heavy atom. The summed E-state index contributed by atoms with van der Waals surface area (Å²) in [5, 5.41) is 3.49. The summed E-state index contributed by atoms with van der Waals surface area (Å²) in [4.78, 5) is 4.40. The summed E-state index contributed by atoms with van der Waals surface area (Å²) in [6, 6.07) is 2.05. The Labute approximate surface area is 123 Å². The number of aryl methyl sites for hydroxylation is 1. The fourth-order valence-electron chi connectivity index (χ4n) is 3.32. The summed E-state index contributed by atoms with van der Waals surface area (Å²) in [7, 11) is 1.67. The lowest BCUT2D eigenvalue weighted by Crippen LogP contribution is -2.46. The second-order valence-corrected chi connectivity index (χ2v) is 7.11. The molecule has 112 valence electrons. The molecule has 3 heteroatoms. The van der Waals surface area contributed by atoms with Gasteiger partial charge in [-0.1, -0.05) is 20.8 Å². The van der Waals surface area contributed by atoms with E-state index in [1.54, 1.807) is 7.11 Å². The van der Waals surface area contributed by atoms with Gasteiger partial charge in [0.25, 0.3) is 0 Å². The smallest absolute Gasteiger partial charge is 0.213 e. The minimum absolute atomic E-state index is 0.307. The summed E-state index contributed by atoms with van der Waals surface area (Å²) >= 11 is 0. The third-order valence-corrected chi connectivity index (χ3v) is 5.08. The third kappa shape index (κ3) is 2.98. The van der Waals surface area contributed by atoms with Crippen LogP contribution >= 0.6 is 0 Å². The van der Waals surface area contributed by atoms with E-state index in [0.717, 1.165) is 19.5 Å². The van der Waals surface area contributed by atoms with Gasteiger partial charge in [0.1, 0.15) is 0 Å². The van der Waals surface area contributed by atoms with E-state index in [9.17, 15) is 0 Å². The zero-order valence-corrected chi connectivity index (χ0v) is 13.5. The van der Waals surface area contributed by atoms with Crippen LogP contribution in [-0.2, 0) is 6.42 Å². The second-order valence-electron chi connectivity index (χ2n) is 7.11. The van der Waals surface area contributed by atoms with Crippen LogP contribution in [0.25, 0.3) is 0 Å². The number of pyridine rings is 1. The van der Waals surface area contributed by atoms with Crippen molar-refractivity contribution in [2.45, 2.75) is 47.0 Å². The van der Waals surface area contributed by atoms with Gasteiger partial charge in [0.05, 0.1) is 7.11 Å². The Balaban J connectivity index is 2.28. The van der Waals surface area contributed by atoms with E-state index in [0.29, 0.717) is 16.7 Å². The zero-order chi connectivity index (χ0) is 14.8. The van der Waals surface area contributed by atoms with E-state index < -0.39 is 0 Å². The molecule has 1 fully saturated rings. The van der Waals surface area contributed by atoms with Crippen molar-refractivity contribution in [3.05, 3.63) is 23.4 Å². The lowest BCUT2D eigenvalue weighted by Gasteiger charge is -2.48. The van der Waals surface area contributed by atoms with Crippen molar-refractivity contribution in [2.75, 3.05) is 20.2 Å². The van der Waals surface area contributed by atoms with Gasteiger partial charge < -0.3 is 10.1 Å². The maximum atomic E-state index is 5.21. The topological polar surface area (TPSA) is 34.1 Å². The zero-order valence-electron chi connectivity index (χ0n) is 13.5. The van der Waals surface area contributed by atoms with Gasteiger partial charge >= 0.3 is 0 Å². The predicted octanol–water partition coefficient (Wildman–Crippen LogP) is 3.36. The number of nitrogens with one attached hydrogen (secondary N) is 1. The Morgan fingerprint density at radius 3 is 2.45 bits per heavy atom. The number of rotatable bonds is 3. The normalized spacial score (nSPS) is 18.9. The van der Waals surface area contributed by atoms with Gasteiger partial charge in [-0.2, -0.15) is 0 Å². The number of hydrogen-bond acceptors (Lipinski definition) is 3. The van der Waals surface area contributed by atoms with Crippen LogP contribution in [0.3, 0.4) is 0 Å². The number of aromatic nitrogens is 1. The van der Waals surface area contributed by atoms with Crippen LogP contribution in [0.15, 0.2) is 12.3 Å². The number of piperidine rings is 1. The van der Waals surface area contributed by atoms with Gasteiger partial charge in [0, 0.05) is 12.3 Å². The van der Waals surface area contributed by atoms with Crippen molar-refractivity contribution in [3.8, 4) is 5.88 Å². The third-order valence-electron chi connectivity index (χ3n) is 5.08. The fraction of sp³-hybridized carbons (Fsp3) is 0.706. The summed E-state index contributed by atoms with van der Waals surface area (Å²) < 4.78 is 5.21. The van der Waals surface area contributed by atoms with Crippen LogP contribution < -0.4 is 10.1 Å². The molecule has 1 aliphatic rings. The number of ether oxygens (including phenoxy) is 1. The molecule has 1 N–H and O–H groups in total. The average molecular weight is 276 g/mol. The molecule has 0 aliphatic carbocycles. The molecule has 0 amide bonds. The molecule has 0 spiro atoms. The summed E-state index contributed by atoms with van der Waals surface area (Å²) in [5.74, 6) is 0.710. The van der Waals surface area contributed by atoms with Gasteiger partial charge in [-0.25, -0.2) is 4.98 Å². The monoisotopic (exact) mass is 276 g/mol. The van der Waals surface area contributed by atoms with E-state index in [1.165, 1.54) is 24.0 Å². The highest BCUT2D eigenvalue weighted by Gasteiger charge is 2.42. The molecule has 1 aromatic rings. The number of nitrogens with zero attached hydrogens (tertiary/aromatic N) is 1. The highest BCUT2D eigenvalue weighted by molar-refractivity contribution is 5.29. The minimum Gasteiger partial charge on any atom is -0.481 e. The molecule has 2 heterocycles. The average Bonchev–Trinajstić information content (AvgIpc) is 2.41. The summed E-state index contributed by atoms with van der Waals surface area (Å²) in [6.45, 7) is 11.6. The summed E-state index contributed by atoms with van der Waals surface area (Å²) in [6.07, 6.45) is 5.59. The lowest BCUT2D eigenvalue weighted by atomic mass is 9.59. The Bertz CT molecular complexity index is 457. The number of methoxy groups -OCH3 is 1. The van der Waals surface area contributed by atoms with Crippen molar-refractivity contribution in [1.82, 2.24) is 10.3 Å². The first kappa shape index (κ1) is 15.3.